The molecule has 4 heterocycles. The summed E-state index contributed by atoms with van der Waals surface area (Å²) < 4.78 is 3.90. The number of hydrogen-bond donors (Lipinski definition) is 0. The van der Waals surface area contributed by atoms with Crippen LogP contribution in [-0.2, 0) is 13.1 Å². The molecule has 1 aliphatic heterocycles. The molecule has 0 atom stereocenters. The van der Waals surface area contributed by atoms with E-state index in [4.69, 9.17) is 4.98 Å². The van der Waals surface area contributed by atoms with Gasteiger partial charge in [0.15, 0.2) is 5.65 Å². The highest BCUT2D eigenvalue weighted by atomic mass is 15.3. The summed E-state index contributed by atoms with van der Waals surface area (Å²) in [6.45, 7) is 10.4. The lowest BCUT2D eigenvalue weighted by molar-refractivity contribution is 0.203. The molecule has 0 saturated carbocycles. The average Bonchev–Trinajstić information content (AvgIpc) is 3.16. The molecule has 6 heteroatoms. The molecule has 1 saturated heterocycles. The van der Waals surface area contributed by atoms with Gasteiger partial charge >= 0.3 is 0 Å². The molecule has 0 aromatic carbocycles. The molecule has 0 radical (unpaired) electrons. The van der Waals surface area contributed by atoms with Gasteiger partial charge in [0, 0.05) is 48.7 Å². The van der Waals surface area contributed by atoms with Crippen LogP contribution in [0.25, 0.3) is 5.65 Å². The molecule has 0 spiro atoms. The van der Waals surface area contributed by atoms with Gasteiger partial charge in [0.1, 0.15) is 0 Å². The number of likely N-dealkylation sites (tertiary alicyclic amines) is 1. The van der Waals surface area contributed by atoms with E-state index in [-0.39, 0.29) is 0 Å². The van der Waals surface area contributed by atoms with Gasteiger partial charge < -0.3 is 0 Å². The third-order valence-electron chi connectivity index (χ3n) is 5.24. The topological polar surface area (TPSA) is 51.2 Å². The summed E-state index contributed by atoms with van der Waals surface area (Å²) in [5.74, 6) is 0.552. The van der Waals surface area contributed by atoms with E-state index in [0.29, 0.717) is 5.92 Å². The summed E-state index contributed by atoms with van der Waals surface area (Å²) in [6, 6.07) is 4.18. The zero-order valence-corrected chi connectivity index (χ0v) is 15.3. The first-order valence-corrected chi connectivity index (χ1v) is 9.20. The van der Waals surface area contributed by atoms with E-state index in [9.17, 15) is 0 Å². The van der Waals surface area contributed by atoms with E-state index in [2.05, 4.69) is 41.2 Å². The summed E-state index contributed by atoms with van der Waals surface area (Å²) in [5, 5.41) is 8.97. The second-order valence-electron chi connectivity index (χ2n) is 7.09. The fraction of sp³-hybridized carbons (Fsp3) is 0.526. The fourth-order valence-electron chi connectivity index (χ4n) is 3.74. The lowest BCUT2D eigenvalue weighted by Crippen LogP contribution is -2.32. The molecule has 0 amide bonds. The zero-order valence-electron chi connectivity index (χ0n) is 15.3. The Morgan fingerprint density at radius 1 is 1.16 bits per heavy atom. The van der Waals surface area contributed by atoms with Crippen molar-refractivity contribution in [2.45, 2.75) is 52.6 Å². The Balaban J connectivity index is 1.40. The van der Waals surface area contributed by atoms with Gasteiger partial charge in [-0.3, -0.25) is 9.58 Å². The molecule has 6 nitrogen and oxygen atoms in total. The SMILES string of the molecule is CCn1cc(CN2CCC(c3ccn4nc(C)cc4n3)CC2)c(C)n1. The zero-order chi connectivity index (χ0) is 17.4. The van der Waals surface area contributed by atoms with Crippen molar-refractivity contribution in [3.63, 3.8) is 0 Å². The van der Waals surface area contributed by atoms with Crippen molar-refractivity contribution in [3.8, 4) is 0 Å². The van der Waals surface area contributed by atoms with Crippen molar-refractivity contribution in [2.75, 3.05) is 13.1 Å². The molecule has 0 bridgehead atoms. The maximum atomic E-state index is 4.83. The van der Waals surface area contributed by atoms with Gasteiger partial charge in [-0.15, -0.1) is 0 Å². The van der Waals surface area contributed by atoms with Crippen molar-refractivity contribution in [2.24, 2.45) is 0 Å². The third-order valence-corrected chi connectivity index (χ3v) is 5.24. The standard InChI is InChI=1S/C19H26N6/c1-4-24-13-17(15(3)22-24)12-23-8-5-16(6-9-23)18-7-10-25-19(20-18)11-14(2)21-25/h7,10-11,13,16H,4-6,8-9,12H2,1-3H3. The first-order chi connectivity index (χ1) is 12.1. The normalized spacial score (nSPS) is 16.8. The van der Waals surface area contributed by atoms with Crippen LogP contribution in [-0.4, -0.2) is 42.4 Å². The molecule has 1 fully saturated rings. The highest BCUT2D eigenvalue weighted by molar-refractivity contribution is 5.39. The summed E-state index contributed by atoms with van der Waals surface area (Å²) in [6.07, 6.45) is 6.56. The number of rotatable bonds is 4. The van der Waals surface area contributed by atoms with Crippen LogP contribution in [0.1, 0.15) is 48.3 Å². The molecule has 25 heavy (non-hydrogen) atoms. The molecule has 132 valence electrons. The van der Waals surface area contributed by atoms with Crippen LogP contribution in [0.3, 0.4) is 0 Å². The quantitative estimate of drug-likeness (QED) is 0.734. The van der Waals surface area contributed by atoms with Gasteiger partial charge in [0.2, 0.25) is 0 Å². The summed E-state index contributed by atoms with van der Waals surface area (Å²) in [4.78, 5) is 7.37. The minimum absolute atomic E-state index is 0.552. The highest BCUT2D eigenvalue weighted by Crippen LogP contribution is 2.28. The summed E-state index contributed by atoms with van der Waals surface area (Å²) in [5.41, 5.74) is 5.70. The number of nitrogens with zero attached hydrogens (tertiary/aromatic N) is 6. The Hall–Kier alpha value is -2.21. The van der Waals surface area contributed by atoms with Crippen LogP contribution in [0.2, 0.25) is 0 Å². The van der Waals surface area contributed by atoms with Gasteiger partial charge in [-0.05, 0) is 52.8 Å². The van der Waals surface area contributed by atoms with Gasteiger partial charge in [-0.25, -0.2) is 9.50 Å². The van der Waals surface area contributed by atoms with Crippen LogP contribution >= 0.6 is 0 Å². The minimum Gasteiger partial charge on any atom is -0.299 e. The number of fused-ring (bicyclic) bond motifs is 1. The molecular weight excluding hydrogens is 312 g/mol. The van der Waals surface area contributed by atoms with Crippen molar-refractivity contribution in [1.82, 2.24) is 29.3 Å². The third kappa shape index (κ3) is 3.31. The molecule has 3 aromatic heterocycles. The van der Waals surface area contributed by atoms with Crippen LogP contribution in [0.5, 0.6) is 0 Å². The number of piperidine rings is 1. The van der Waals surface area contributed by atoms with Gasteiger partial charge in [-0.1, -0.05) is 0 Å². The minimum atomic E-state index is 0.552. The van der Waals surface area contributed by atoms with Crippen LogP contribution in [0.4, 0.5) is 0 Å². The molecule has 1 aliphatic rings. The predicted octanol–water partition coefficient (Wildman–Crippen LogP) is 2.94. The van der Waals surface area contributed by atoms with Crippen molar-refractivity contribution in [3.05, 3.63) is 47.2 Å². The summed E-state index contributed by atoms with van der Waals surface area (Å²) in [7, 11) is 0. The lowest BCUT2D eigenvalue weighted by atomic mass is 9.93. The summed E-state index contributed by atoms with van der Waals surface area (Å²) >= 11 is 0. The molecule has 4 rings (SSSR count). The average molecular weight is 338 g/mol. The monoisotopic (exact) mass is 338 g/mol. The van der Waals surface area contributed by atoms with E-state index in [1.807, 2.05) is 28.4 Å². The highest BCUT2D eigenvalue weighted by Gasteiger charge is 2.22. The molecule has 0 N–H and O–H groups in total. The van der Waals surface area contributed by atoms with Crippen molar-refractivity contribution >= 4 is 5.65 Å². The van der Waals surface area contributed by atoms with E-state index in [1.165, 1.54) is 11.3 Å². The Morgan fingerprint density at radius 3 is 2.68 bits per heavy atom. The Labute approximate surface area is 148 Å². The molecule has 0 aliphatic carbocycles. The maximum Gasteiger partial charge on any atom is 0.155 e. The first kappa shape index (κ1) is 16.3. The van der Waals surface area contributed by atoms with E-state index >= 15 is 0 Å². The number of aromatic nitrogens is 5. The maximum absolute atomic E-state index is 4.83. The molecule has 3 aromatic rings. The lowest BCUT2D eigenvalue weighted by Gasteiger charge is -2.31. The van der Waals surface area contributed by atoms with Gasteiger partial charge in [0.25, 0.3) is 0 Å². The largest absolute Gasteiger partial charge is 0.299 e. The van der Waals surface area contributed by atoms with Crippen molar-refractivity contribution in [1.29, 1.82) is 0 Å². The van der Waals surface area contributed by atoms with E-state index < -0.39 is 0 Å². The Kier molecular flexibility index (Phi) is 4.29. The number of hydrogen-bond acceptors (Lipinski definition) is 4. The van der Waals surface area contributed by atoms with E-state index in [1.54, 1.807) is 0 Å². The number of aryl methyl sites for hydroxylation is 3. The van der Waals surface area contributed by atoms with Crippen LogP contribution < -0.4 is 0 Å². The van der Waals surface area contributed by atoms with Crippen molar-refractivity contribution < 1.29 is 0 Å². The smallest absolute Gasteiger partial charge is 0.155 e. The second kappa shape index (κ2) is 6.59. The second-order valence-corrected chi connectivity index (χ2v) is 7.09. The Bertz CT molecular complexity index is 869. The van der Waals surface area contributed by atoms with Gasteiger partial charge in [-0.2, -0.15) is 10.2 Å². The Morgan fingerprint density at radius 2 is 1.96 bits per heavy atom. The molecule has 0 unspecified atom stereocenters. The first-order valence-electron chi connectivity index (χ1n) is 9.20. The van der Waals surface area contributed by atoms with Crippen LogP contribution in [0, 0.1) is 13.8 Å². The predicted molar refractivity (Wildman–Crippen MR) is 97.6 cm³/mol. The molecular formula is C19H26N6. The van der Waals surface area contributed by atoms with Crippen LogP contribution in [0.15, 0.2) is 24.5 Å². The van der Waals surface area contributed by atoms with Gasteiger partial charge in [0.05, 0.1) is 11.4 Å². The fourth-order valence-corrected chi connectivity index (χ4v) is 3.74. The van der Waals surface area contributed by atoms with E-state index in [0.717, 1.165) is 56.1 Å².